The van der Waals surface area contributed by atoms with Gasteiger partial charge in [-0.2, -0.15) is 9.48 Å². The lowest BCUT2D eigenvalue weighted by molar-refractivity contribution is 0.145. The summed E-state index contributed by atoms with van der Waals surface area (Å²) in [5.41, 5.74) is -1.75. The summed E-state index contributed by atoms with van der Waals surface area (Å²) in [5.74, 6) is 0. The third kappa shape index (κ3) is 2.06. The van der Waals surface area contributed by atoms with Crippen LogP contribution in [0.4, 0.5) is 0 Å². The lowest BCUT2D eigenvalue weighted by Gasteiger charge is -2.36. The Kier molecular flexibility index (Phi) is 3.19. The minimum absolute atomic E-state index is 0.451. The fourth-order valence-corrected chi connectivity index (χ4v) is 4.51. The van der Waals surface area contributed by atoms with E-state index in [1.807, 2.05) is 0 Å². The summed E-state index contributed by atoms with van der Waals surface area (Å²) in [4.78, 5) is 9.35. The molecule has 0 radical (unpaired) electrons. The molecule has 1 fully saturated rings. The summed E-state index contributed by atoms with van der Waals surface area (Å²) in [6.45, 7) is 0. The molecule has 132 valence electrons. The van der Waals surface area contributed by atoms with Crippen LogP contribution in [0.1, 0.15) is 25.7 Å². The summed E-state index contributed by atoms with van der Waals surface area (Å²) in [7, 11) is 0. The topological polar surface area (TPSA) is 76.9 Å². The maximum absolute atomic E-state index is 12.9. The van der Waals surface area contributed by atoms with E-state index < -0.39 is 11.3 Å². The normalized spacial score (nSPS) is 28.8. The average molecular weight is 389 g/mol. The molecule has 2 spiro atoms. The zero-order chi connectivity index (χ0) is 18.1. The minimum atomic E-state index is -0.874. The molecule has 2 aromatic carbocycles. The van der Waals surface area contributed by atoms with Gasteiger partial charge in [0.1, 0.15) is 10.7 Å². The van der Waals surface area contributed by atoms with E-state index in [1.54, 1.807) is 36.4 Å². The molecule has 2 aliphatic heterocycles. The average Bonchev–Trinajstić information content (AvgIpc) is 3.04. The summed E-state index contributed by atoms with van der Waals surface area (Å²) in [5, 5.41) is 29.1. The highest BCUT2D eigenvalue weighted by Crippen LogP contribution is 2.39. The van der Waals surface area contributed by atoms with Crippen molar-refractivity contribution in [2.75, 3.05) is 0 Å². The van der Waals surface area contributed by atoms with Crippen LogP contribution in [0.25, 0.3) is 0 Å². The van der Waals surface area contributed by atoms with Crippen molar-refractivity contribution in [2.24, 2.45) is 9.98 Å². The van der Waals surface area contributed by atoms with Gasteiger partial charge in [0, 0.05) is 47.9 Å². The highest BCUT2D eigenvalue weighted by atomic mass is 35.5. The van der Waals surface area contributed by atoms with Gasteiger partial charge >= 0.3 is 0 Å². The molecule has 0 N–H and O–H groups in total. The maximum Gasteiger partial charge on any atom is 0.267 e. The molecular weight excluding hydrogens is 375 g/mol. The second kappa shape index (κ2) is 5.18. The van der Waals surface area contributed by atoms with Crippen LogP contribution in [-0.2, 0) is 0 Å². The predicted octanol–water partition coefficient (Wildman–Crippen LogP) is 0.904. The van der Waals surface area contributed by atoms with E-state index in [4.69, 9.17) is 23.2 Å². The largest absolute Gasteiger partial charge is 0.622 e. The molecule has 6 nitrogen and oxygen atoms in total. The smallest absolute Gasteiger partial charge is 0.267 e. The highest BCUT2D eigenvalue weighted by Gasteiger charge is 2.55. The molecule has 0 aromatic heterocycles. The van der Waals surface area contributed by atoms with Crippen molar-refractivity contribution in [1.82, 2.24) is 9.48 Å². The molecule has 26 heavy (non-hydrogen) atoms. The fraction of sp³-hybridized carbons (Fsp3) is 0.333. The second-order valence-corrected chi connectivity index (χ2v) is 7.92. The molecule has 0 amide bonds. The van der Waals surface area contributed by atoms with E-state index in [1.165, 1.54) is 0 Å². The van der Waals surface area contributed by atoms with Crippen LogP contribution >= 0.6 is 23.2 Å². The first kappa shape index (κ1) is 16.0. The molecule has 0 unspecified atom stereocenters. The Morgan fingerprint density at radius 2 is 1.27 bits per heavy atom. The molecule has 1 aliphatic carbocycles. The van der Waals surface area contributed by atoms with Crippen molar-refractivity contribution in [1.29, 1.82) is 0 Å². The number of hydrogen-bond acceptors (Lipinski definition) is 4. The summed E-state index contributed by atoms with van der Waals surface area (Å²) < 4.78 is 1.93. The molecule has 0 bridgehead atoms. The Labute approximate surface area is 158 Å². The molecule has 5 rings (SSSR count). The molecule has 2 aromatic rings. The summed E-state index contributed by atoms with van der Waals surface area (Å²) in [6, 6.07) is 10.2. The molecule has 2 heterocycles. The lowest BCUT2D eigenvalue weighted by Crippen LogP contribution is -2.53. The van der Waals surface area contributed by atoms with Gasteiger partial charge in [0.15, 0.2) is 0 Å². The molecule has 0 saturated heterocycles. The number of hydroxylamine groups is 2. The minimum Gasteiger partial charge on any atom is -0.622 e. The number of benzene rings is 2. The Balaban J connectivity index is 1.55. The van der Waals surface area contributed by atoms with Crippen molar-refractivity contribution in [2.45, 2.75) is 37.0 Å². The Morgan fingerprint density at radius 3 is 1.96 bits per heavy atom. The lowest BCUT2D eigenvalue weighted by atomic mass is 9.82. The number of nitrogens with zero attached hydrogens (tertiary/aromatic N) is 4. The van der Waals surface area contributed by atoms with E-state index in [2.05, 4.69) is 9.98 Å². The van der Waals surface area contributed by atoms with Crippen molar-refractivity contribution < 1.29 is 0 Å². The first-order valence-electron chi connectivity index (χ1n) is 8.42. The van der Waals surface area contributed by atoms with E-state index in [9.17, 15) is 10.4 Å². The van der Waals surface area contributed by atoms with E-state index in [0.717, 1.165) is 9.48 Å². The fourth-order valence-electron chi connectivity index (χ4n) is 4.18. The van der Waals surface area contributed by atoms with Crippen LogP contribution in [0.15, 0.2) is 46.4 Å². The van der Waals surface area contributed by atoms with Gasteiger partial charge in [0.25, 0.3) is 11.3 Å². The second-order valence-electron chi connectivity index (χ2n) is 7.04. The number of halogens is 2. The van der Waals surface area contributed by atoms with Gasteiger partial charge < -0.3 is 10.4 Å². The zero-order valence-corrected chi connectivity index (χ0v) is 15.2. The van der Waals surface area contributed by atoms with Crippen LogP contribution in [0.5, 0.6) is 0 Å². The van der Waals surface area contributed by atoms with Crippen molar-refractivity contribution >= 4 is 23.2 Å². The number of rotatable bonds is 0. The molecule has 0 atom stereocenters. The van der Waals surface area contributed by atoms with E-state index >= 15 is 0 Å². The number of fused-ring (bicyclic) bond motifs is 2. The molecule has 8 heteroatoms. The van der Waals surface area contributed by atoms with Crippen LogP contribution in [0.3, 0.4) is 0 Å². The SMILES string of the molecule is [O-][N+]1=c2ccc(Cl)cc2=NC12CCC1(CC2)N=c2ccc(Cl)cc2=[N+]1[O-]. The summed E-state index contributed by atoms with van der Waals surface area (Å²) >= 11 is 12.0. The van der Waals surface area contributed by atoms with Crippen LogP contribution in [-0.4, -0.2) is 11.3 Å². The van der Waals surface area contributed by atoms with Crippen LogP contribution < -0.4 is 30.9 Å². The first-order valence-corrected chi connectivity index (χ1v) is 9.18. The Morgan fingerprint density at radius 1 is 0.731 bits per heavy atom. The van der Waals surface area contributed by atoms with Gasteiger partial charge in [-0.3, -0.25) is 0 Å². The number of hydrogen-bond donors (Lipinski definition) is 0. The predicted molar refractivity (Wildman–Crippen MR) is 97.6 cm³/mol. The maximum atomic E-state index is 12.9. The quantitative estimate of drug-likeness (QED) is 0.496. The van der Waals surface area contributed by atoms with Crippen molar-refractivity contribution in [3.8, 4) is 0 Å². The van der Waals surface area contributed by atoms with Crippen molar-refractivity contribution in [3.63, 3.8) is 0 Å². The molecular formula is C18H14Cl2N4O2. The van der Waals surface area contributed by atoms with Gasteiger partial charge in [-0.1, -0.05) is 23.2 Å². The standard InChI is InChI=1S/C18H14Cl2N4O2/c19-11-2-4-15-14(9-11)22-18(23(15)25)7-5-17(6-8-18)21-13-3-1-12(20)10-16(13)24(17)26/h1-4,9-10H,5-8H2. The first-order chi connectivity index (χ1) is 12.4. The highest BCUT2D eigenvalue weighted by molar-refractivity contribution is 6.30. The molecule has 3 aliphatic rings. The van der Waals surface area contributed by atoms with Crippen molar-refractivity contribution in [3.05, 3.63) is 78.3 Å². The summed E-state index contributed by atoms with van der Waals surface area (Å²) in [6.07, 6.45) is 1.80. The van der Waals surface area contributed by atoms with E-state index in [-0.39, 0.29) is 0 Å². The van der Waals surface area contributed by atoms with Gasteiger partial charge in [0.2, 0.25) is 10.7 Å². The van der Waals surface area contributed by atoms with Gasteiger partial charge in [-0.15, -0.1) is 0 Å². The monoisotopic (exact) mass is 388 g/mol. The van der Waals surface area contributed by atoms with Crippen LogP contribution in [0.2, 0.25) is 10.0 Å². The van der Waals surface area contributed by atoms with Gasteiger partial charge in [-0.25, -0.2) is 9.98 Å². The van der Waals surface area contributed by atoms with Gasteiger partial charge in [0.05, 0.1) is 0 Å². The molecule has 1 saturated carbocycles. The third-order valence-corrected chi connectivity index (χ3v) is 6.05. The van der Waals surface area contributed by atoms with Crippen LogP contribution in [0, 0.1) is 10.4 Å². The Hall–Kier alpha value is -2.18. The van der Waals surface area contributed by atoms with E-state index in [0.29, 0.717) is 57.2 Å². The van der Waals surface area contributed by atoms with Gasteiger partial charge in [-0.05, 0) is 24.3 Å². The third-order valence-electron chi connectivity index (χ3n) is 5.58. The Bertz CT molecular complexity index is 1190. The zero-order valence-electron chi connectivity index (χ0n) is 13.7.